The number of benzene rings is 1. The number of rotatable bonds is 3. The lowest BCUT2D eigenvalue weighted by molar-refractivity contribution is 0.0692. The van der Waals surface area contributed by atoms with Gasteiger partial charge in [0.2, 0.25) is 0 Å². The Morgan fingerprint density at radius 2 is 2.11 bits per heavy atom. The minimum Gasteiger partial charge on any atom is -0.478 e. The molecule has 18 heavy (non-hydrogen) atoms. The predicted octanol–water partition coefficient (Wildman–Crippen LogP) is 2.05. The zero-order chi connectivity index (χ0) is 13.3. The van der Waals surface area contributed by atoms with E-state index in [1.165, 1.54) is 6.07 Å². The van der Waals surface area contributed by atoms with Crippen molar-refractivity contribution in [3.8, 4) is 0 Å². The molecule has 0 saturated heterocycles. The average molecular weight is 252 g/mol. The number of halogens is 1. The Hall–Kier alpha value is -2.11. The summed E-state index contributed by atoms with van der Waals surface area (Å²) in [5.41, 5.74) is -0.216. The Balaban J connectivity index is 2.02. The summed E-state index contributed by atoms with van der Waals surface area (Å²) in [6.07, 6.45) is 0.942. The number of urea groups is 1. The van der Waals surface area contributed by atoms with Gasteiger partial charge in [-0.05, 0) is 30.5 Å². The van der Waals surface area contributed by atoms with Gasteiger partial charge >= 0.3 is 12.0 Å². The van der Waals surface area contributed by atoms with Gasteiger partial charge in [-0.2, -0.15) is 0 Å². The van der Waals surface area contributed by atoms with Crippen LogP contribution < -0.4 is 10.6 Å². The highest BCUT2D eigenvalue weighted by molar-refractivity contribution is 5.93. The van der Waals surface area contributed by atoms with Gasteiger partial charge in [-0.15, -0.1) is 0 Å². The molecule has 1 saturated carbocycles. The first kappa shape index (κ1) is 12.3. The van der Waals surface area contributed by atoms with Gasteiger partial charge in [0.25, 0.3) is 0 Å². The molecule has 6 heteroatoms. The van der Waals surface area contributed by atoms with Crippen molar-refractivity contribution in [3.05, 3.63) is 29.6 Å². The number of hydrogen-bond acceptors (Lipinski definition) is 2. The molecule has 1 aromatic carbocycles. The molecule has 1 aliphatic carbocycles. The topological polar surface area (TPSA) is 78.4 Å². The molecule has 96 valence electrons. The summed E-state index contributed by atoms with van der Waals surface area (Å²) < 4.78 is 13.1. The normalized spacial score (nSPS) is 21.2. The third-order valence-electron chi connectivity index (χ3n) is 2.88. The van der Waals surface area contributed by atoms with Crippen LogP contribution in [0.15, 0.2) is 18.2 Å². The molecule has 0 radical (unpaired) electrons. The lowest BCUT2D eigenvalue weighted by Gasteiger charge is -2.08. The van der Waals surface area contributed by atoms with E-state index in [9.17, 15) is 14.0 Å². The second kappa shape index (κ2) is 4.64. The first-order valence-electron chi connectivity index (χ1n) is 5.57. The Labute approximate surface area is 103 Å². The number of nitrogens with one attached hydrogen (secondary N) is 2. The Morgan fingerprint density at radius 3 is 2.67 bits per heavy atom. The highest BCUT2D eigenvalue weighted by atomic mass is 19.1. The van der Waals surface area contributed by atoms with Gasteiger partial charge in [0.15, 0.2) is 0 Å². The number of anilines is 1. The van der Waals surface area contributed by atoms with E-state index in [4.69, 9.17) is 5.11 Å². The quantitative estimate of drug-likeness (QED) is 0.770. The second-order valence-corrected chi connectivity index (χ2v) is 4.42. The molecule has 2 rings (SSSR count). The van der Waals surface area contributed by atoms with Crippen molar-refractivity contribution < 1.29 is 19.1 Å². The minimum atomic E-state index is -1.37. The van der Waals surface area contributed by atoms with Gasteiger partial charge in [0.1, 0.15) is 5.82 Å². The van der Waals surface area contributed by atoms with Crippen molar-refractivity contribution in [1.82, 2.24) is 5.32 Å². The van der Waals surface area contributed by atoms with Crippen LogP contribution in [-0.2, 0) is 0 Å². The number of carboxylic acid groups (broad SMARTS) is 1. The van der Waals surface area contributed by atoms with Crippen LogP contribution >= 0.6 is 0 Å². The molecule has 2 unspecified atom stereocenters. The van der Waals surface area contributed by atoms with Crippen molar-refractivity contribution >= 4 is 17.7 Å². The number of carbonyl (C=O) groups is 2. The van der Waals surface area contributed by atoms with Crippen LogP contribution in [0, 0.1) is 11.7 Å². The highest BCUT2D eigenvalue weighted by Crippen LogP contribution is 2.29. The van der Waals surface area contributed by atoms with Gasteiger partial charge in [0.05, 0.1) is 5.56 Å². The van der Waals surface area contributed by atoms with E-state index in [1.807, 2.05) is 6.92 Å². The van der Waals surface area contributed by atoms with Gasteiger partial charge in [-0.1, -0.05) is 6.92 Å². The molecule has 0 aliphatic heterocycles. The largest absolute Gasteiger partial charge is 0.478 e. The molecule has 0 spiro atoms. The molecule has 1 aromatic rings. The number of amides is 2. The molecule has 1 fully saturated rings. The number of hydrogen-bond donors (Lipinski definition) is 3. The maximum atomic E-state index is 13.1. The molecular formula is C12H13FN2O3. The average Bonchev–Trinajstić information content (AvgIpc) is 2.96. The van der Waals surface area contributed by atoms with Gasteiger partial charge in [0, 0.05) is 11.7 Å². The van der Waals surface area contributed by atoms with Crippen LogP contribution in [0.4, 0.5) is 14.9 Å². The third-order valence-corrected chi connectivity index (χ3v) is 2.88. The fourth-order valence-corrected chi connectivity index (χ4v) is 1.63. The zero-order valence-corrected chi connectivity index (χ0v) is 9.74. The lowest BCUT2D eigenvalue weighted by Crippen LogP contribution is -2.31. The molecule has 1 aliphatic rings. The fraction of sp³-hybridized carbons (Fsp3) is 0.333. The Bertz CT molecular complexity index is 504. The smallest absolute Gasteiger partial charge is 0.338 e. The Morgan fingerprint density at radius 1 is 1.44 bits per heavy atom. The van der Waals surface area contributed by atoms with Crippen molar-refractivity contribution in [2.45, 2.75) is 19.4 Å². The molecule has 0 bridgehead atoms. The van der Waals surface area contributed by atoms with E-state index < -0.39 is 23.4 Å². The third kappa shape index (κ3) is 2.77. The molecule has 0 heterocycles. The van der Waals surface area contributed by atoms with Crippen LogP contribution in [0.25, 0.3) is 0 Å². The molecule has 2 amide bonds. The fourth-order valence-electron chi connectivity index (χ4n) is 1.63. The van der Waals surface area contributed by atoms with Crippen molar-refractivity contribution in [3.63, 3.8) is 0 Å². The van der Waals surface area contributed by atoms with Crippen LogP contribution in [0.5, 0.6) is 0 Å². The number of aromatic carboxylic acids is 1. The summed E-state index contributed by atoms with van der Waals surface area (Å²) in [5, 5.41) is 13.9. The molecule has 5 nitrogen and oxygen atoms in total. The SMILES string of the molecule is CC1CC1NC(=O)Nc1ccc(F)c(C(=O)O)c1. The van der Waals surface area contributed by atoms with Crippen molar-refractivity contribution in [2.75, 3.05) is 5.32 Å². The van der Waals surface area contributed by atoms with E-state index in [1.54, 1.807) is 0 Å². The van der Waals surface area contributed by atoms with E-state index in [-0.39, 0.29) is 11.7 Å². The lowest BCUT2D eigenvalue weighted by atomic mass is 10.2. The Kier molecular flexibility index (Phi) is 3.18. The van der Waals surface area contributed by atoms with E-state index >= 15 is 0 Å². The number of carbonyl (C=O) groups excluding carboxylic acids is 1. The van der Waals surface area contributed by atoms with Crippen molar-refractivity contribution in [2.24, 2.45) is 5.92 Å². The predicted molar refractivity (Wildman–Crippen MR) is 63.1 cm³/mol. The van der Waals surface area contributed by atoms with E-state index in [2.05, 4.69) is 10.6 Å². The molecule has 2 atom stereocenters. The zero-order valence-electron chi connectivity index (χ0n) is 9.74. The van der Waals surface area contributed by atoms with E-state index in [0.717, 1.165) is 18.6 Å². The van der Waals surface area contributed by atoms with Crippen molar-refractivity contribution in [1.29, 1.82) is 0 Å². The highest BCUT2D eigenvalue weighted by Gasteiger charge is 2.33. The maximum Gasteiger partial charge on any atom is 0.338 e. The standard InChI is InChI=1S/C12H13FN2O3/c1-6-4-10(6)15-12(18)14-7-2-3-9(13)8(5-7)11(16)17/h2-3,5-6,10H,4H2,1H3,(H,16,17)(H2,14,15,18). The maximum absolute atomic E-state index is 13.1. The van der Waals surface area contributed by atoms with Crippen LogP contribution in [-0.4, -0.2) is 23.1 Å². The first-order chi connectivity index (χ1) is 8.47. The number of carboxylic acids is 1. The van der Waals surface area contributed by atoms with Crippen LogP contribution in [0.2, 0.25) is 0 Å². The summed E-state index contributed by atoms with van der Waals surface area (Å²) in [4.78, 5) is 22.2. The molecule has 0 aromatic heterocycles. The summed E-state index contributed by atoms with van der Waals surface area (Å²) in [5.74, 6) is -1.73. The van der Waals surface area contributed by atoms with Crippen LogP contribution in [0.3, 0.4) is 0 Å². The van der Waals surface area contributed by atoms with Crippen LogP contribution in [0.1, 0.15) is 23.7 Å². The van der Waals surface area contributed by atoms with E-state index in [0.29, 0.717) is 5.92 Å². The van der Waals surface area contributed by atoms with Gasteiger partial charge in [-0.3, -0.25) is 0 Å². The minimum absolute atomic E-state index is 0.171. The summed E-state index contributed by atoms with van der Waals surface area (Å²) in [6, 6.07) is 3.18. The first-order valence-corrected chi connectivity index (χ1v) is 5.57. The molecular weight excluding hydrogens is 239 g/mol. The summed E-state index contributed by atoms with van der Waals surface area (Å²) >= 11 is 0. The molecule has 3 N–H and O–H groups in total. The van der Waals surface area contributed by atoms with Gasteiger partial charge in [-0.25, -0.2) is 14.0 Å². The summed E-state index contributed by atoms with van der Waals surface area (Å²) in [6.45, 7) is 2.02. The monoisotopic (exact) mass is 252 g/mol. The second-order valence-electron chi connectivity index (χ2n) is 4.42. The summed E-state index contributed by atoms with van der Waals surface area (Å²) in [7, 11) is 0. The van der Waals surface area contributed by atoms with Gasteiger partial charge < -0.3 is 15.7 Å².